The summed E-state index contributed by atoms with van der Waals surface area (Å²) in [6, 6.07) is 16.5. The monoisotopic (exact) mass is 436 g/mol. The molecule has 0 aliphatic carbocycles. The first-order valence-corrected chi connectivity index (χ1v) is 9.65. The summed E-state index contributed by atoms with van der Waals surface area (Å²) in [5.74, 6) is 0.185. The van der Waals surface area contributed by atoms with Gasteiger partial charge in [-0.3, -0.25) is 4.79 Å². The van der Waals surface area contributed by atoms with Gasteiger partial charge >= 0.3 is 5.97 Å². The lowest BCUT2D eigenvalue weighted by atomic mass is 10.1. The fraction of sp³-hybridized carbons (Fsp3) is 0.0833. The van der Waals surface area contributed by atoms with E-state index in [0.717, 1.165) is 0 Å². The maximum atomic E-state index is 12.9. The second-order valence-electron chi connectivity index (χ2n) is 6.54. The second kappa shape index (κ2) is 8.53. The number of ether oxygens (including phenoxy) is 3. The summed E-state index contributed by atoms with van der Waals surface area (Å²) in [6.07, 6.45) is 1.35. The topological polar surface area (TPSA) is 75.0 Å². The minimum absolute atomic E-state index is 0.156. The zero-order valence-electron chi connectivity index (χ0n) is 16.7. The number of hydrogen-bond donors (Lipinski definition) is 0. The van der Waals surface area contributed by atoms with Gasteiger partial charge in [0.2, 0.25) is 5.43 Å². The third-order valence-electron chi connectivity index (χ3n) is 4.75. The van der Waals surface area contributed by atoms with Gasteiger partial charge in [0.25, 0.3) is 0 Å². The van der Waals surface area contributed by atoms with E-state index in [4.69, 9.17) is 30.2 Å². The van der Waals surface area contributed by atoms with Gasteiger partial charge in [0, 0.05) is 16.7 Å². The SMILES string of the molecule is COc1cccc(OC)c1C(=O)Oc1ccc2c(=O)c(-c3ccccc3Cl)coc2c1. The zero-order chi connectivity index (χ0) is 22.0. The van der Waals surface area contributed by atoms with Crippen molar-refractivity contribution in [3.8, 4) is 28.4 Å². The molecule has 0 saturated heterocycles. The quantitative estimate of drug-likeness (QED) is 0.310. The van der Waals surface area contributed by atoms with E-state index in [2.05, 4.69) is 0 Å². The fourth-order valence-corrected chi connectivity index (χ4v) is 3.49. The smallest absolute Gasteiger partial charge is 0.351 e. The molecule has 6 nitrogen and oxygen atoms in total. The molecule has 4 aromatic rings. The molecule has 0 aliphatic heterocycles. The van der Waals surface area contributed by atoms with Crippen molar-refractivity contribution in [2.75, 3.05) is 14.2 Å². The zero-order valence-corrected chi connectivity index (χ0v) is 17.4. The van der Waals surface area contributed by atoms with Crippen LogP contribution in [-0.2, 0) is 0 Å². The Labute approximate surface area is 182 Å². The highest BCUT2D eigenvalue weighted by Gasteiger charge is 2.21. The summed E-state index contributed by atoms with van der Waals surface area (Å²) in [6.45, 7) is 0. The summed E-state index contributed by atoms with van der Waals surface area (Å²) in [7, 11) is 2.90. The summed E-state index contributed by atoms with van der Waals surface area (Å²) < 4.78 is 21.6. The molecular weight excluding hydrogens is 420 g/mol. The summed E-state index contributed by atoms with van der Waals surface area (Å²) in [4.78, 5) is 25.7. The molecule has 156 valence electrons. The Hall–Kier alpha value is -3.77. The number of rotatable bonds is 5. The van der Waals surface area contributed by atoms with Gasteiger partial charge < -0.3 is 18.6 Å². The molecule has 0 unspecified atom stereocenters. The van der Waals surface area contributed by atoms with Crippen molar-refractivity contribution in [3.63, 3.8) is 0 Å². The van der Waals surface area contributed by atoms with Gasteiger partial charge in [0.15, 0.2) is 0 Å². The summed E-state index contributed by atoms with van der Waals surface area (Å²) in [5.41, 5.74) is 1.13. The van der Waals surface area contributed by atoms with Crippen molar-refractivity contribution < 1.29 is 23.4 Å². The highest BCUT2D eigenvalue weighted by atomic mass is 35.5. The van der Waals surface area contributed by atoms with Gasteiger partial charge in [-0.1, -0.05) is 35.9 Å². The van der Waals surface area contributed by atoms with Crippen LogP contribution in [0, 0.1) is 0 Å². The molecular formula is C24H17ClO6. The molecule has 0 amide bonds. The molecule has 0 spiro atoms. The second-order valence-corrected chi connectivity index (χ2v) is 6.95. The van der Waals surface area contributed by atoms with Crippen LogP contribution in [0.4, 0.5) is 0 Å². The maximum Gasteiger partial charge on any atom is 0.351 e. The molecule has 1 aromatic heterocycles. The van der Waals surface area contributed by atoms with Crippen LogP contribution in [0.15, 0.2) is 76.1 Å². The van der Waals surface area contributed by atoms with E-state index in [1.807, 2.05) is 0 Å². The van der Waals surface area contributed by atoms with E-state index in [1.54, 1.807) is 48.5 Å². The van der Waals surface area contributed by atoms with Crippen molar-refractivity contribution in [3.05, 3.63) is 87.7 Å². The van der Waals surface area contributed by atoms with E-state index < -0.39 is 5.97 Å². The molecule has 3 aromatic carbocycles. The Morgan fingerprint density at radius 2 is 1.61 bits per heavy atom. The van der Waals surface area contributed by atoms with Gasteiger partial charge in [-0.25, -0.2) is 4.79 Å². The normalized spacial score (nSPS) is 10.7. The van der Waals surface area contributed by atoms with Gasteiger partial charge in [-0.05, 0) is 30.3 Å². The molecule has 0 saturated carbocycles. The van der Waals surface area contributed by atoms with Gasteiger partial charge in [0.05, 0.1) is 25.2 Å². The molecule has 0 radical (unpaired) electrons. The Bertz CT molecular complexity index is 1320. The third-order valence-corrected chi connectivity index (χ3v) is 5.08. The maximum absolute atomic E-state index is 12.9. The highest BCUT2D eigenvalue weighted by molar-refractivity contribution is 6.33. The lowest BCUT2D eigenvalue weighted by molar-refractivity contribution is 0.0727. The predicted molar refractivity (Wildman–Crippen MR) is 117 cm³/mol. The Morgan fingerprint density at radius 1 is 0.903 bits per heavy atom. The van der Waals surface area contributed by atoms with E-state index in [-0.39, 0.29) is 22.3 Å². The number of esters is 1. The van der Waals surface area contributed by atoms with Crippen LogP contribution in [0.25, 0.3) is 22.1 Å². The summed E-state index contributed by atoms with van der Waals surface area (Å²) >= 11 is 6.21. The first kappa shape index (κ1) is 20.5. The Kier molecular flexibility index (Phi) is 5.64. The molecule has 0 atom stereocenters. The predicted octanol–water partition coefficient (Wildman–Crippen LogP) is 5.35. The lowest BCUT2D eigenvalue weighted by Crippen LogP contribution is -2.12. The number of carbonyl (C=O) groups excluding carboxylic acids is 1. The molecule has 4 rings (SSSR count). The molecule has 0 N–H and O–H groups in total. The Balaban J connectivity index is 1.70. The number of methoxy groups -OCH3 is 2. The molecule has 1 heterocycles. The minimum atomic E-state index is -0.663. The van der Waals surface area contributed by atoms with Crippen LogP contribution in [0.2, 0.25) is 5.02 Å². The fourth-order valence-electron chi connectivity index (χ4n) is 3.25. The number of carbonyl (C=O) groups is 1. The average molecular weight is 437 g/mol. The van der Waals surface area contributed by atoms with Gasteiger partial charge in [-0.15, -0.1) is 0 Å². The number of hydrogen-bond acceptors (Lipinski definition) is 6. The molecule has 31 heavy (non-hydrogen) atoms. The van der Waals surface area contributed by atoms with E-state index in [1.165, 1.54) is 32.6 Å². The molecule has 7 heteroatoms. The summed E-state index contributed by atoms with van der Waals surface area (Å²) in [5, 5.41) is 0.789. The van der Waals surface area contributed by atoms with Crippen LogP contribution in [0.3, 0.4) is 0 Å². The third kappa shape index (κ3) is 3.85. The van der Waals surface area contributed by atoms with Crippen molar-refractivity contribution in [1.29, 1.82) is 0 Å². The van der Waals surface area contributed by atoms with Gasteiger partial charge in [-0.2, -0.15) is 0 Å². The van der Waals surface area contributed by atoms with Crippen molar-refractivity contribution >= 4 is 28.5 Å². The number of fused-ring (bicyclic) bond motifs is 1. The Morgan fingerprint density at radius 3 is 2.29 bits per heavy atom. The largest absolute Gasteiger partial charge is 0.496 e. The van der Waals surface area contributed by atoms with Gasteiger partial charge in [0.1, 0.15) is 34.7 Å². The average Bonchev–Trinajstić information content (AvgIpc) is 2.79. The molecule has 0 fully saturated rings. The molecule has 0 aliphatic rings. The van der Waals surface area contributed by atoms with Crippen molar-refractivity contribution in [2.24, 2.45) is 0 Å². The lowest BCUT2D eigenvalue weighted by Gasteiger charge is -2.12. The van der Waals surface area contributed by atoms with Crippen LogP contribution < -0.4 is 19.6 Å². The standard InChI is InChI=1S/C24H17ClO6/c1-28-19-8-5-9-20(29-2)22(19)24(27)31-14-10-11-16-21(12-14)30-13-17(23(16)26)15-6-3-4-7-18(15)25/h3-13H,1-2H3. The van der Waals surface area contributed by atoms with Crippen LogP contribution in [-0.4, -0.2) is 20.2 Å². The van der Waals surface area contributed by atoms with E-state index >= 15 is 0 Å². The minimum Gasteiger partial charge on any atom is -0.496 e. The van der Waals surface area contributed by atoms with Crippen LogP contribution in [0.1, 0.15) is 10.4 Å². The first-order valence-electron chi connectivity index (χ1n) is 9.27. The van der Waals surface area contributed by atoms with Crippen LogP contribution in [0.5, 0.6) is 17.2 Å². The van der Waals surface area contributed by atoms with Crippen molar-refractivity contribution in [1.82, 2.24) is 0 Å². The number of benzene rings is 3. The van der Waals surface area contributed by atoms with E-state index in [9.17, 15) is 9.59 Å². The highest BCUT2D eigenvalue weighted by Crippen LogP contribution is 2.31. The first-order chi connectivity index (χ1) is 15.0. The molecule has 0 bridgehead atoms. The van der Waals surface area contributed by atoms with Crippen LogP contribution >= 0.6 is 11.6 Å². The van der Waals surface area contributed by atoms with E-state index in [0.29, 0.717) is 33.0 Å². The number of halogens is 1. The van der Waals surface area contributed by atoms with Crippen molar-refractivity contribution in [2.45, 2.75) is 0 Å².